The summed E-state index contributed by atoms with van der Waals surface area (Å²) >= 11 is 4.22. The maximum absolute atomic E-state index is 5.77. The largest absolute Gasteiger partial charge is 0.414 e. The van der Waals surface area contributed by atoms with E-state index >= 15 is 0 Å². The predicted molar refractivity (Wildman–Crippen MR) is 83.8 cm³/mol. The fourth-order valence-electron chi connectivity index (χ4n) is 3.58. The van der Waals surface area contributed by atoms with Crippen LogP contribution < -0.4 is 9.88 Å². The second-order valence-electron chi connectivity index (χ2n) is 5.72. The Morgan fingerprint density at radius 3 is 2.48 bits per heavy atom. The number of hydrogen-bond acceptors (Lipinski definition) is 4. The summed E-state index contributed by atoms with van der Waals surface area (Å²) < 4.78 is 2.20. The normalized spacial score (nSPS) is 30.0. The van der Waals surface area contributed by atoms with Gasteiger partial charge >= 0.3 is 11.2 Å². The minimum absolute atomic E-state index is 0.0730. The number of nitrogens with one attached hydrogen (secondary N) is 1. The molecule has 0 saturated carbocycles. The van der Waals surface area contributed by atoms with Gasteiger partial charge in [0.2, 0.25) is 0 Å². The van der Waals surface area contributed by atoms with Crippen molar-refractivity contribution in [2.75, 3.05) is 20.8 Å². The van der Waals surface area contributed by atoms with Crippen molar-refractivity contribution in [3.63, 3.8) is 0 Å². The van der Waals surface area contributed by atoms with Crippen molar-refractivity contribution in [1.29, 1.82) is 0 Å². The molecule has 0 aliphatic carbocycles. The first kappa shape index (κ1) is 16.3. The van der Waals surface area contributed by atoms with Gasteiger partial charge in [0.15, 0.2) is 11.9 Å². The van der Waals surface area contributed by atoms with Crippen molar-refractivity contribution < 1.29 is 19.1 Å². The highest BCUT2D eigenvalue weighted by Gasteiger charge is 2.99. The zero-order valence-corrected chi connectivity index (χ0v) is 14.3. The number of nitrogens with zero attached hydrogens (tertiary/aromatic N) is 2. The molecule has 1 aromatic rings. The predicted octanol–water partition coefficient (Wildman–Crippen LogP) is 1.66. The maximum atomic E-state index is 5.77. The summed E-state index contributed by atoms with van der Waals surface area (Å²) in [6, 6.07) is 6.12. The van der Waals surface area contributed by atoms with Crippen molar-refractivity contribution in [1.82, 2.24) is 5.32 Å². The molecule has 1 aromatic heterocycles. The zero-order valence-electron chi connectivity index (χ0n) is 13.4. The van der Waals surface area contributed by atoms with Gasteiger partial charge in [0.1, 0.15) is 0 Å². The molecular weight excluding hydrogens is 286 g/mol. The molecule has 2 atom stereocenters. The van der Waals surface area contributed by atoms with Gasteiger partial charge in [-0.3, -0.25) is 0 Å². The van der Waals surface area contributed by atoms with Crippen molar-refractivity contribution in [2.45, 2.75) is 32.0 Å². The van der Waals surface area contributed by atoms with Crippen LogP contribution in [0.15, 0.2) is 36.0 Å². The first-order valence-electron chi connectivity index (χ1n) is 6.91. The molecule has 0 spiro atoms. The smallest absolute Gasteiger partial charge is 0.373 e. The lowest BCUT2D eigenvalue weighted by atomic mass is 10.0. The summed E-state index contributed by atoms with van der Waals surface area (Å²) in [5.74, 6) is 0. The van der Waals surface area contributed by atoms with Gasteiger partial charge in [0.05, 0.1) is 32.7 Å². The number of hydroxylamine groups is 4. The van der Waals surface area contributed by atoms with Crippen LogP contribution in [-0.2, 0) is 15.3 Å². The van der Waals surface area contributed by atoms with Gasteiger partial charge in [-0.15, -0.1) is 17.2 Å². The molecular formula is C15H25N3O2S+2. The van der Waals surface area contributed by atoms with Crippen LogP contribution in [0.25, 0.3) is 0 Å². The summed E-state index contributed by atoms with van der Waals surface area (Å²) in [6.07, 6.45) is 2.06. The molecule has 2 rings (SSSR count). The van der Waals surface area contributed by atoms with E-state index in [0.717, 1.165) is 5.69 Å². The minimum Gasteiger partial charge on any atom is -0.373 e. The van der Waals surface area contributed by atoms with Gasteiger partial charge in [-0.2, -0.15) is 9.68 Å². The SMILES string of the molecule is C=C(S)NCC1(C)C(C)([n+]2ccccc2C)[N+]1(OC)OC. The van der Waals surface area contributed by atoms with E-state index in [-0.39, 0.29) is 10.3 Å². The van der Waals surface area contributed by atoms with Crippen LogP contribution in [0.3, 0.4) is 0 Å². The summed E-state index contributed by atoms with van der Waals surface area (Å²) in [6.45, 7) is 10.8. The molecule has 6 heteroatoms. The van der Waals surface area contributed by atoms with Gasteiger partial charge in [-0.25, -0.2) is 0 Å². The second-order valence-corrected chi connectivity index (χ2v) is 6.26. The lowest BCUT2D eigenvalue weighted by Gasteiger charge is -2.15. The van der Waals surface area contributed by atoms with E-state index in [0.29, 0.717) is 11.6 Å². The summed E-state index contributed by atoms with van der Waals surface area (Å²) in [4.78, 5) is 11.6. The highest BCUT2D eigenvalue weighted by atomic mass is 32.1. The molecule has 2 unspecified atom stereocenters. The van der Waals surface area contributed by atoms with Crippen molar-refractivity contribution >= 4 is 12.6 Å². The average Bonchev–Trinajstić information content (AvgIpc) is 2.89. The highest BCUT2D eigenvalue weighted by molar-refractivity contribution is 7.84. The Hall–Kier alpha value is -1.08. The third-order valence-electron chi connectivity index (χ3n) is 4.88. The molecule has 0 amide bonds. The van der Waals surface area contributed by atoms with Crippen LogP contribution in [0, 0.1) is 6.92 Å². The standard InChI is InChI=1S/C15H24N3O2S/c1-12-9-7-8-10-17(12)15(4)14(3,11-16-13(2)21)18(15,19-5)20-6/h7-10,16H,2,11H2,1,3-6H3/q+1/p+1. The van der Waals surface area contributed by atoms with E-state index in [1.165, 1.54) is 0 Å². The summed E-state index contributed by atoms with van der Waals surface area (Å²) in [7, 11) is 3.34. The van der Waals surface area contributed by atoms with Crippen molar-refractivity contribution in [3.8, 4) is 0 Å². The third kappa shape index (κ3) is 1.93. The molecule has 1 aliphatic heterocycles. The van der Waals surface area contributed by atoms with E-state index in [1.807, 2.05) is 12.1 Å². The van der Waals surface area contributed by atoms with Crippen LogP contribution in [0.1, 0.15) is 19.5 Å². The van der Waals surface area contributed by atoms with Gasteiger partial charge in [-0.05, 0) is 0 Å². The Morgan fingerprint density at radius 2 is 2.00 bits per heavy atom. The van der Waals surface area contributed by atoms with E-state index in [1.54, 1.807) is 14.2 Å². The van der Waals surface area contributed by atoms with E-state index in [4.69, 9.17) is 9.68 Å². The second kappa shape index (κ2) is 5.28. The molecule has 2 heterocycles. The maximum Gasteiger partial charge on any atom is 0.414 e. The molecule has 1 saturated heterocycles. The van der Waals surface area contributed by atoms with Gasteiger partial charge in [0.25, 0.3) is 0 Å². The quantitative estimate of drug-likeness (QED) is 0.363. The molecule has 0 aromatic carbocycles. The molecule has 21 heavy (non-hydrogen) atoms. The Balaban J connectivity index is 2.49. The monoisotopic (exact) mass is 311 g/mol. The number of aromatic nitrogens is 1. The number of thiol groups is 1. The summed E-state index contributed by atoms with van der Waals surface area (Å²) in [5.41, 5.74) is 0.432. The topological polar surface area (TPSA) is 34.4 Å². The van der Waals surface area contributed by atoms with Crippen molar-refractivity contribution in [2.24, 2.45) is 0 Å². The Morgan fingerprint density at radius 1 is 1.38 bits per heavy atom. The summed E-state index contributed by atoms with van der Waals surface area (Å²) in [5, 5.41) is 3.83. The molecule has 1 N–H and O–H groups in total. The Bertz CT molecular complexity index is 562. The highest BCUT2D eigenvalue weighted by Crippen LogP contribution is 2.60. The van der Waals surface area contributed by atoms with Gasteiger partial charge in [0, 0.05) is 30.8 Å². The van der Waals surface area contributed by atoms with Gasteiger partial charge in [-0.1, -0.05) is 12.6 Å². The number of pyridine rings is 1. The molecule has 0 radical (unpaired) electrons. The molecule has 5 nitrogen and oxygen atoms in total. The lowest BCUT2D eigenvalue weighted by molar-refractivity contribution is -1.23. The van der Waals surface area contributed by atoms with Crippen LogP contribution in [0.4, 0.5) is 0 Å². The molecule has 1 aliphatic rings. The number of rotatable bonds is 6. The molecule has 116 valence electrons. The van der Waals surface area contributed by atoms with Crippen LogP contribution in [0.2, 0.25) is 0 Å². The van der Waals surface area contributed by atoms with Crippen molar-refractivity contribution in [3.05, 3.63) is 41.7 Å². The Labute approximate surface area is 132 Å². The lowest BCUT2D eigenvalue weighted by Crippen LogP contribution is -2.55. The number of hydrogen-bond donors (Lipinski definition) is 2. The Kier molecular flexibility index (Phi) is 4.10. The van der Waals surface area contributed by atoms with Gasteiger partial charge < -0.3 is 5.32 Å². The zero-order chi connectivity index (χ0) is 15.9. The van der Waals surface area contributed by atoms with E-state index in [2.05, 4.69) is 62.1 Å². The minimum atomic E-state index is -0.391. The molecule has 1 fully saturated rings. The first-order valence-corrected chi connectivity index (χ1v) is 7.35. The number of aryl methyl sites for hydroxylation is 1. The fourth-order valence-corrected chi connectivity index (χ4v) is 3.66. The molecule has 0 bridgehead atoms. The van der Waals surface area contributed by atoms with E-state index < -0.39 is 5.66 Å². The number of quaternary nitrogens is 1. The van der Waals surface area contributed by atoms with E-state index in [9.17, 15) is 0 Å². The van der Waals surface area contributed by atoms with Crippen LogP contribution in [0.5, 0.6) is 0 Å². The third-order valence-corrected chi connectivity index (χ3v) is 5.03. The first-order chi connectivity index (χ1) is 9.80. The average molecular weight is 311 g/mol. The van der Waals surface area contributed by atoms with Crippen LogP contribution in [-0.4, -0.2) is 31.1 Å². The fraction of sp³-hybridized carbons (Fsp3) is 0.533. The van der Waals surface area contributed by atoms with Crippen LogP contribution >= 0.6 is 12.6 Å².